The molecule has 1 aromatic rings. The fourth-order valence-corrected chi connectivity index (χ4v) is 2.30. The molecule has 3 heteroatoms. The Balaban J connectivity index is 2.46. The van der Waals surface area contributed by atoms with E-state index in [2.05, 4.69) is 6.08 Å². The van der Waals surface area contributed by atoms with Gasteiger partial charge in [-0.3, -0.25) is 0 Å². The molecule has 0 fully saturated rings. The predicted octanol–water partition coefficient (Wildman–Crippen LogP) is 2.41. The van der Waals surface area contributed by atoms with Crippen LogP contribution in [-0.4, -0.2) is 11.1 Å². The van der Waals surface area contributed by atoms with Crippen LogP contribution in [0.25, 0.3) is 6.08 Å². The Labute approximate surface area is 74.2 Å². The van der Waals surface area contributed by atoms with E-state index in [9.17, 15) is 4.79 Å². The number of fused-ring (bicyclic) bond motifs is 1. The smallest absolute Gasteiger partial charge is 0.345 e. The van der Waals surface area contributed by atoms with E-state index in [1.165, 1.54) is 16.9 Å². The highest BCUT2D eigenvalue weighted by Gasteiger charge is 2.13. The molecule has 0 saturated heterocycles. The van der Waals surface area contributed by atoms with Gasteiger partial charge in [0.1, 0.15) is 4.88 Å². The lowest BCUT2D eigenvalue weighted by molar-refractivity contribution is 0.0702. The summed E-state index contributed by atoms with van der Waals surface area (Å²) in [6, 6.07) is 1.78. The van der Waals surface area contributed by atoms with Gasteiger partial charge in [0.25, 0.3) is 0 Å². The molecule has 0 saturated carbocycles. The predicted molar refractivity (Wildman–Crippen MR) is 48.6 cm³/mol. The summed E-state index contributed by atoms with van der Waals surface area (Å²) < 4.78 is 0. The molecule has 0 radical (unpaired) electrons. The SMILES string of the molecule is O=C(O)c1cc2c(s1)C=CCC2. The number of allylic oxidation sites excluding steroid dienone is 1. The minimum atomic E-state index is -0.817. The van der Waals surface area contributed by atoms with Crippen LogP contribution in [0, 0.1) is 0 Å². The van der Waals surface area contributed by atoms with Crippen molar-refractivity contribution in [3.63, 3.8) is 0 Å². The molecule has 2 nitrogen and oxygen atoms in total. The van der Waals surface area contributed by atoms with Crippen LogP contribution in [-0.2, 0) is 6.42 Å². The van der Waals surface area contributed by atoms with Crippen molar-refractivity contribution in [2.24, 2.45) is 0 Å². The molecule has 12 heavy (non-hydrogen) atoms. The molecule has 0 spiro atoms. The summed E-state index contributed by atoms with van der Waals surface area (Å²) >= 11 is 1.36. The lowest BCUT2D eigenvalue weighted by Crippen LogP contribution is -1.90. The summed E-state index contributed by atoms with van der Waals surface area (Å²) in [5, 5.41) is 8.72. The number of carbonyl (C=O) groups is 1. The first-order valence-corrected chi connectivity index (χ1v) is 4.61. The Morgan fingerprint density at radius 2 is 2.42 bits per heavy atom. The van der Waals surface area contributed by atoms with Gasteiger partial charge in [-0.15, -0.1) is 11.3 Å². The van der Waals surface area contributed by atoms with Gasteiger partial charge in [0.2, 0.25) is 0 Å². The molecule has 1 heterocycles. The molecule has 1 N–H and O–H groups in total. The highest BCUT2D eigenvalue weighted by atomic mass is 32.1. The number of hydrogen-bond acceptors (Lipinski definition) is 2. The molecule has 2 rings (SSSR count). The largest absolute Gasteiger partial charge is 0.477 e. The second-order valence-corrected chi connectivity index (χ2v) is 3.83. The molecular weight excluding hydrogens is 172 g/mol. The second-order valence-electron chi connectivity index (χ2n) is 2.75. The minimum absolute atomic E-state index is 0.451. The van der Waals surface area contributed by atoms with Gasteiger partial charge in [0.05, 0.1) is 0 Å². The van der Waals surface area contributed by atoms with Crippen molar-refractivity contribution in [3.05, 3.63) is 27.5 Å². The van der Waals surface area contributed by atoms with E-state index in [1.54, 1.807) is 6.07 Å². The van der Waals surface area contributed by atoms with Crippen LogP contribution in [0.15, 0.2) is 12.1 Å². The van der Waals surface area contributed by atoms with Crippen LogP contribution < -0.4 is 0 Å². The van der Waals surface area contributed by atoms with E-state index >= 15 is 0 Å². The number of carboxylic acids is 1. The molecule has 0 atom stereocenters. The van der Waals surface area contributed by atoms with Gasteiger partial charge in [0, 0.05) is 4.88 Å². The zero-order chi connectivity index (χ0) is 8.55. The quantitative estimate of drug-likeness (QED) is 0.720. The summed E-state index contributed by atoms with van der Waals surface area (Å²) in [7, 11) is 0. The summed E-state index contributed by atoms with van der Waals surface area (Å²) in [5.74, 6) is -0.817. The van der Waals surface area contributed by atoms with Crippen LogP contribution >= 0.6 is 11.3 Å². The van der Waals surface area contributed by atoms with Crippen LogP contribution in [0.1, 0.15) is 26.5 Å². The van der Waals surface area contributed by atoms with E-state index in [-0.39, 0.29) is 0 Å². The van der Waals surface area contributed by atoms with E-state index in [0.29, 0.717) is 4.88 Å². The normalized spacial score (nSPS) is 14.3. The van der Waals surface area contributed by atoms with Crippen molar-refractivity contribution < 1.29 is 9.90 Å². The third kappa shape index (κ3) is 1.16. The molecule has 0 bridgehead atoms. The zero-order valence-corrected chi connectivity index (χ0v) is 7.23. The van der Waals surface area contributed by atoms with Gasteiger partial charge in [-0.05, 0) is 30.5 Å². The molecule has 1 aliphatic carbocycles. The summed E-state index contributed by atoms with van der Waals surface area (Å²) in [6.07, 6.45) is 6.11. The first-order chi connectivity index (χ1) is 5.77. The maximum atomic E-state index is 10.6. The van der Waals surface area contributed by atoms with Gasteiger partial charge < -0.3 is 5.11 Å². The lowest BCUT2D eigenvalue weighted by Gasteiger charge is -2.01. The lowest BCUT2D eigenvalue weighted by atomic mass is 10.1. The van der Waals surface area contributed by atoms with Gasteiger partial charge in [0.15, 0.2) is 0 Å². The van der Waals surface area contributed by atoms with Crippen molar-refractivity contribution in [1.82, 2.24) is 0 Å². The van der Waals surface area contributed by atoms with Gasteiger partial charge in [-0.25, -0.2) is 4.79 Å². The third-order valence-electron chi connectivity index (χ3n) is 1.90. The zero-order valence-electron chi connectivity index (χ0n) is 6.41. The average Bonchev–Trinajstić information content (AvgIpc) is 2.46. The first kappa shape index (κ1) is 7.55. The van der Waals surface area contributed by atoms with Crippen LogP contribution in [0.2, 0.25) is 0 Å². The molecule has 0 aromatic carbocycles. The Kier molecular flexibility index (Phi) is 1.73. The van der Waals surface area contributed by atoms with E-state index in [1.807, 2.05) is 6.08 Å². The standard InChI is InChI=1S/C9H8O2S/c10-9(11)8-5-6-3-1-2-4-7(6)12-8/h2,4-5H,1,3H2,(H,10,11). The van der Waals surface area contributed by atoms with Crippen molar-refractivity contribution in [2.75, 3.05) is 0 Å². The Hall–Kier alpha value is -1.09. The van der Waals surface area contributed by atoms with E-state index in [4.69, 9.17) is 5.11 Å². The topological polar surface area (TPSA) is 37.3 Å². The maximum absolute atomic E-state index is 10.6. The van der Waals surface area contributed by atoms with Crippen molar-refractivity contribution in [2.45, 2.75) is 12.8 Å². The summed E-state index contributed by atoms with van der Waals surface area (Å²) in [4.78, 5) is 12.2. The highest BCUT2D eigenvalue weighted by molar-refractivity contribution is 7.15. The molecule has 0 amide bonds. The third-order valence-corrected chi connectivity index (χ3v) is 3.03. The first-order valence-electron chi connectivity index (χ1n) is 3.80. The van der Waals surface area contributed by atoms with E-state index in [0.717, 1.165) is 17.7 Å². The number of thiophene rings is 1. The highest BCUT2D eigenvalue weighted by Crippen LogP contribution is 2.28. The number of aromatic carboxylic acids is 1. The van der Waals surface area contributed by atoms with Crippen LogP contribution in [0.3, 0.4) is 0 Å². The van der Waals surface area contributed by atoms with Gasteiger partial charge in [-0.2, -0.15) is 0 Å². The van der Waals surface area contributed by atoms with Crippen molar-refractivity contribution >= 4 is 23.4 Å². The molecule has 1 aromatic heterocycles. The Morgan fingerprint density at radius 1 is 1.58 bits per heavy atom. The minimum Gasteiger partial charge on any atom is -0.477 e. The summed E-state index contributed by atoms with van der Waals surface area (Å²) in [5.41, 5.74) is 1.18. The average molecular weight is 180 g/mol. The fourth-order valence-electron chi connectivity index (χ4n) is 1.31. The van der Waals surface area contributed by atoms with Gasteiger partial charge in [-0.1, -0.05) is 6.08 Å². The molecule has 0 unspecified atom stereocenters. The number of carboxylic acid groups (broad SMARTS) is 1. The Bertz CT molecular complexity index is 349. The Morgan fingerprint density at radius 3 is 3.08 bits per heavy atom. The van der Waals surface area contributed by atoms with Crippen molar-refractivity contribution in [1.29, 1.82) is 0 Å². The summed E-state index contributed by atoms with van der Waals surface area (Å²) in [6.45, 7) is 0. The number of hydrogen-bond donors (Lipinski definition) is 1. The molecule has 0 aliphatic heterocycles. The monoisotopic (exact) mass is 180 g/mol. The van der Waals surface area contributed by atoms with Gasteiger partial charge >= 0.3 is 5.97 Å². The second kappa shape index (κ2) is 2.75. The van der Waals surface area contributed by atoms with E-state index < -0.39 is 5.97 Å². The number of aryl methyl sites for hydroxylation is 1. The maximum Gasteiger partial charge on any atom is 0.345 e. The molecular formula is C9H8O2S. The van der Waals surface area contributed by atoms with Crippen LogP contribution in [0.5, 0.6) is 0 Å². The molecule has 1 aliphatic rings. The molecule has 62 valence electrons. The van der Waals surface area contributed by atoms with Crippen LogP contribution in [0.4, 0.5) is 0 Å². The number of rotatable bonds is 1. The fraction of sp³-hybridized carbons (Fsp3) is 0.222. The van der Waals surface area contributed by atoms with Crippen molar-refractivity contribution in [3.8, 4) is 0 Å².